The fourth-order valence-electron chi connectivity index (χ4n) is 3.71. The first kappa shape index (κ1) is 19.0. The largest absolute Gasteiger partial charge is 0.392 e. The highest BCUT2D eigenvalue weighted by Crippen LogP contribution is 2.31. The zero-order valence-corrected chi connectivity index (χ0v) is 15.0. The van der Waals surface area contributed by atoms with Gasteiger partial charge in [0.05, 0.1) is 6.10 Å². The van der Waals surface area contributed by atoms with Gasteiger partial charge in [0.1, 0.15) is 0 Å². The van der Waals surface area contributed by atoms with Gasteiger partial charge in [0.2, 0.25) is 0 Å². The number of nitrogens with one attached hydrogen (secondary N) is 1. The van der Waals surface area contributed by atoms with Crippen LogP contribution in [0.2, 0.25) is 0 Å². The van der Waals surface area contributed by atoms with Crippen LogP contribution in [-0.2, 0) is 6.42 Å². The summed E-state index contributed by atoms with van der Waals surface area (Å²) in [6, 6.07) is 14.3. The fraction of sp³-hybridized carbons (Fsp3) is 0.429. The van der Waals surface area contributed by atoms with Crippen LogP contribution in [0.25, 0.3) is 0 Å². The Labute approximate surface area is 153 Å². The maximum absolute atomic E-state index is 13.6. The van der Waals surface area contributed by atoms with E-state index in [1.54, 1.807) is 6.07 Å². The van der Waals surface area contributed by atoms with Gasteiger partial charge in [0.25, 0.3) is 0 Å². The van der Waals surface area contributed by atoms with Gasteiger partial charge >= 0.3 is 0 Å². The summed E-state index contributed by atoms with van der Waals surface area (Å²) in [6.07, 6.45) is 1.99. The summed E-state index contributed by atoms with van der Waals surface area (Å²) in [7, 11) is 1.99. The smallest absolute Gasteiger partial charge is 0.159 e. The van der Waals surface area contributed by atoms with E-state index in [1.165, 1.54) is 17.7 Å². The number of hydrogen-bond acceptors (Lipinski definition) is 3. The minimum Gasteiger partial charge on any atom is -0.392 e. The lowest BCUT2D eigenvalue weighted by molar-refractivity contribution is 0.153. The lowest BCUT2D eigenvalue weighted by Crippen LogP contribution is -2.39. The quantitative estimate of drug-likeness (QED) is 0.795. The number of halogens is 2. The second kappa shape index (κ2) is 8.71. The van der Waals surface area contributed by atoms with Crippen LogP contribution in [0.5, 0.6) is 0 Å². The molecule has 2 aromatic carbocycles. The van der Waals surface area contributed by atoms with E-state index < -0.39 is 17.7 Å². The predicted octanol–water partition coefficient (Wildman–Crippen LogP) is 3.29. The maximum Gasteiger partial charge on any atom is 0.159 e. The normalized spacial score (nSPS) is 21.8. The number of hydrogen-bond donors (Lipinski definition) is 2. The van der Waals surface area contributed by atoms with E-state index in [0.29, 0.717) is 13.0 Å². The Morgan fingerprint density at radius 1 is 1.15 bits per heavy atom. The van der Waals surface area contributed by atoms with Crippen LogP contribution in [0.1, 0.15) is 30.0 Å². The third kappa shape index (κ3) is 4.67. The molecule has 1 aliphatic heterocycles. The first-order valence-corrected chi connectivity index (χ1v) is 9.15. The van der Waals surface area contributed by atoms with Crippen LogP contribution >= 0.6 is 0 Å². The molecular formula is C21H26F2N2O. The number of nitrogens with zero attached hydrogens (tertiary/aromatic N) is 1. The first-order chi connectivity index (χ1) is 12.5. The van der Waals surface area contributed by atoms with Crippen LogP contribution in [0.3, 0.4) is 0 Å². The molecule has 5 heteroatoms. The summed E-state index contributed by atoms with van der Waals surface area (Å²) >= 11 is 0. The Hall–Kier alpha value is -1.82. The molecule has 3 nitrogen and oxygen atoms in total. The van der Waals surface area contributed by atoms with Crippen molar-refractivity contribution in [1.82, 2.24) is 10.2 Å². The van der Waals surface area contributed by atoms with Gasteiger partial charge < -0.3 is 10.4 Å². The molecule has 140 valence electrons. The van der Waals surface area contributed by atoms with Crippen molar-refractivity contribution in [2.24, 2.45) is 0 Å². The number of rotatable bonds is 7. The molecule has 1 heterocycles. The Bertz CT molecular complexity index is 710. The Morgan fingerprint density at radius 3 is 2.65 bits per heavy atom. The second-order valence-electron chi connectivity index (χ2n) is 7.08. The molecule has 0 unspecified atom stereocenters. The average Bonchev–Trinajstić information content (AvgIpc) is 3.02. The van der Waals surface area contributed by atoms with Crippen molar-refractivity contribution in [3.05, 3.63) is 71.3 Å². The molecule has 0 aromatic heterocycles. The van der Waals surface area contributed by atoms with Gasteiger partial charge in [-0.05, 0) is 49.6 Å². The zero-order chi connectivity index (χ0) is 18.5. The topological polar surface area (TPSA) is 35.5 Å². The first-order valence-electron chi connectivity index (χ1n) is 9.15. The summed E-state index contributed by atoms with van der Waals surface area (Å²) in [5.41, 5.74) is 1.98. The highest BCUT2D eigenvalue weighted by molar-refractivity contribution is 5.24. The van der Waals surface area contributed by atoms with Crippen molar-refractivity contribution < 1.29 is 13.9 Å². The average molecular weight is 360 g/mol. The number of aryl methyl sites for hydroxylation is 1. The molecule has 3 rings (SSSR count). The minimum absolute atomic E-state index is 0.0218. The molecule has 0 spiro atoms. The molecule has 2 aromatic rings. The summed E-state index contributed by atoms with van der Waals surface area (Å²) in [5, 5.41) is 13.7. The molecule has 1 saturated heterocycles. The Morgan fingerprint density at radius 2 is 1.92 bits per heavy atom. The van der Waals surface area contributed by atoms with E-state index in [9.17, 15) is 13.9 Å². The van der Waals surface area contributed by atoms with E-state index in [-0.39, 0.29) is 12.1 Å². The lowest BCUT2D eigenvalue weighted by Gasteiger charge is -2.27. The molecule has 1 fully saturated rings. The van der Waals surface area contributed by atoms with E-state index in [4.69, 9.17) is 0 Å². The lowest BCUT2D eigenvalue weighted by atomic mass is 9.99. The highest BCUT2D eigenvalue weighted by atomic mass is 19.2. The van der Waals surface area contributed by atoms with Crippen LogP contribution < -0.4 is 5.32 Å². The molecule has 0 radical (unpaired) electrons. The van der Waals surface area contributed by atoms with Crippen LogP contribution in [-0.4, -0.2) is 42.3 Å². The molecular weight excluding hydrogens is 334 g/mol. The van der Waals surface area contributed by atoms with Gasteiger partial charge in [0.15, 0.2) is 11.6 Å². The monoisotopic (exact) mass is 360 g/mol. The van der Waals surface area contributed by atoms with Crippen molar-refractivity contribution in [3.63, 3.8) is 0 Å². The van der Waals surface area contributed by atoms with Crippen molar-refractivity contribution >= 4 is 0 Å². The maximum atomic E-state index is 13.6. The zero-order valence-electron chi connectivity index (χ0n) is 15.0. The second-order valence-corrected chi connectivity index (χ2v) is 7.08. The Kier molecular flexibility index (Phi) is 6.35. The van der Waals surface area contributed by atoms with E-state index >= 15 is 0 Å². The molecule has 0 amide bonds. The standard InChI is InChI=1S/C21H26F2N2O/c1-25-12-11-20(21(25)16-8-10-18(22)19(23)13-16)24-14-17(26)9-7-15-5-3-2-4-6-15/h2-6,8,10,13,17,20-21,24,26H,7,9,11-12,14H2,1H3/t17-,20+,21-/m1/s1. The van der Waals surface area contributed by atoms with Crippen molar-refractivity contribution in [2.45, 2.75) is 37.5 Å². The number of aliphatic hydroxyl groups excluding tert-OH is 1. The summed E-state index contributed by atoms with van der Waals surface area (Å²) in [6.45, 7) is 1.37. The molecule has 0 bridgehead atoms. The number of likely N-dealkylation sites (N-methyl/N-ethyl adjacent to an activating group) is 1. The fourth-order valence-corrected chi connectivity index (χ4v) is 3.71. The molecule has 2 N–H and O–H groups in total. The summed E-state index contributed by atoms with van der Waals surface area (Å²) in [4.78, 5) is 2.14. The number of aliphatic hydroxyl groups is 1. The van der Waals surface area contributed by atoms with Gasteiger partial charge in [0, 0.05) is 25.2 Å². The Balaban J connectivity index is 1.55. The number of benzene rings is 2. The van der Waals surface area contributed by atoms with E-state index in [0.717, 1.165) is 24.9 Å². The van der Waals surface area contributed by atoms with Crippen molar-refractivity contribution in [1.29, 1.82) is 0 Å². The third-order valence-electron chi connectivity index (χ3n) is 5.16. The van der Waals surface area contributed by atoms with Crippen LogP contribution in [0.4, 0.5) is 8.78 Å². The van der Waals surface area contributed by atoms with Crippen LogP contribution in [0, 0.1) is 11.6 Å². The predicted molar refractivity (Wildman–Crippen MR) is 98.9 cm³/mol. The van der Waals surface area contributed by atoms with Crippen molar-refractivity contribution in [2.75, 3.05) is 20.1 Å². The molecule has 0 saturated carbocycles. The van der Waals surface area contributed by atoms with Crippen LogP contribution in [0.15, 0.2) is 48.5 Å². The van der Waals surface area contributed by atoms with E-state index in [1.807, 2.05) is 25.2 Å². The SMILES string of the molecule is CN1CC[C@H](NC[C@H](O)CCc2ccccc2)[C@H]1c1ccc(F)c(F)c1. The van der Waals surface area contributed by atoms with Gasteiger partial charge in [-0.2, -0.15) is 0 Å². The molecule has 3 atom stereocenters. The minimum atomic E-state index is -0.824. The van der Waals surface area contributed by atoms with Gasteiger partial charge in [-0.25, -0.2) is 8.78 Å². The van der Waals surface area contributed by atoms with Gasteiger partial charge in [-0.3, -0.25) is 4.90 Å². The molecule has 1 aliphatic rings. The highest BCUT2D eigenvalue weighted by Gasteiger charge is 2.33. The summed E-state index contributed by atoms with van der Waals surface area (Å²) < 4.78 is 26.8. The molecule has 0 aliphatic carbocycles. The van der Waals surface area contributed by atoms with E-state index in [2.05, 4.69) is 22.3 Å². The van der Waals surface area contributed by atoms with Gasteiger partial charge in [-0.1, -0.05) is 36.4 Å². The number of likely N-dealkylation sites (tertiary alicyclic amines) is 1. The summed E-state index contributed by atoms with van der Waals surface area (Å²) in [5.74, 6) is -1.64. The molecule has 26 heavy (non-hydrogen) atoms. The third-order valence-corrected chi connectivity index (χ3v) is 5.16. The van der Waals surface area contributed by atoms with Crippen molar-refractivity contribution in [3.8, 4) is 0 Å². The van der Waals surface area contributed by atoms with Gasteiger partial charge in [-0.15, -0.1) is 0 Å².